The number of imidazole rings is 1. The maximum atomic E-state index is 12.1. The number of nitrogens with zero attached hydrogens (tertiary/aromatic N) is 2. The Hall–Kier alpha value is -3.37. The molecule has 0 atom stereocenters. The van der Waals surface area contributed by atoms with Crippen LogP contribution in [0.5, 0.6) is 0 Å². The summed E-state index contributed by atoms with van der Waals surface area (Å²) in [6, 6.07) is 21.9. The van der Waals surface area contributed by atoms with Crippen molar-refractivity contribution in [2.24, 2.45) is 0 Å². The number of carbonyl (C=O) groups excluding carboxylic acids is 1. The molecule has 1 amide bonds. The Kier molecular flexibility index (Phi) is 5.22. The molecule has 0 aliphatic heterocycles. The second-order valence-corrected chi connectivity index (χ2v) is 6.82. The normalized spacial score (nSPS) is 11.2. The molecule has 28 heavy (non-hydrogen) atoms. The molecule has 0 saturated heterocycles. The fourth-order valence-electron chi connectivity index (χ4n) is 2.93. The molecule has 1 N–H and O–H groups in total. The lowest BCUT2D eigenvalue weighted by Gasteiger charge is -2.02. The van der Waals surface area contributed by atoms with Crippen molar-refractivity contribution in [3.05, 3.63) is 101 Å². The van der Waals surface area contributed by atoms with Gasteiger partial charge in [-0.25, -0.2) is 4.98 Å². The van der Waals surface area contributed by atoms with Crippen molar-refractivity contribution in [2.45, 2.75) is 6.54 Å². The molecule has 0 aliphatic rings. The lowest BCUT2D eigenvalue weighted by molar-refractivity contribution is -0.116. The molecule has 2 aromatic heterocycles. The summed E-state index contributed by atoms with van der Waals surface area (Å²) < 4.78 is 1.84. The second-order valence-electron chi connectivity index (χ2n) is 6.38. The van der Waals surface area contributed by atoms with Crippen molar-refractivity contribution in [3.8, 4) is 11.1 Å². The van der Waals surface area contributed by atoms with E-state index in [4.69, 9.17) is 11.6 Å². The molecule has 0 saturated carbocycles. The average molecular weight is 388 g/mol. The van der Waals surface area contributed by atoms with Gasteiger partial charge in [0.05, 0.1) is 17.3 Å². The van der Waals surface area contributed by atoms with Crippen molar-refractivity contribution in [1.82, 2.24) is 14.7 Å². The molecular weight excluding hydrogens is 370 g/mol. The fraction of sp³-hybridized carbons (Fsp3) is 0.0435. The van der Waals surface area contributed by atoms with Crippen LogP contribution in [-0.4, -0.2) is 15.3 Å². The van der Waals surface area contributed by atoms with Crippen molar-refractivity contribution < 1.29 is 4.79 Å². The van der Waals surface area contributed by atoms with E-state index in [1.54, 1.807) is 18.3 Å². The molecule has 0 unspecified atom stereocenters. The predicted molar refractivity (Wildman–Crippen MR) is 113 cm³/mol. The highest BCUT2D eigenvalue weighted by Crippen LogP contribution is 2.19. The quantitative estimate of drug-likeness (QED) is 0.491. The second kappa shape index (κ2) is 8.11. The third-order valence-corrected chi connectivity index (χ3v) is 4.58. The fourth-order valence-corrected chi connectivity index (χ4v) is 3.10. The number of fused-ring (bicyclic) bond motifs is 1. The van der Waals surface area contributed by atoms with Gasteiger partial charge in [-0.05, 0) is 34.9 Å². The summed E-state index contributed by atoms with van der Waals surface area (Å²) in [7, 11) is 0. The number of aromatic nitrogens is 2. The van der Waals surface area contributed by atoms with Crippen LogP contribution in [0.3, 0.4) is 0 Å². The Labute approximate surface area is 168 Å². The number of carbonyl (C=O) groups is 1. The number of hydrogen-bond donors (Lipinski definition) is 1. The Bertz CT molecular complexity index is 1130. The molecular formula is C23H18ClN3O. The molecule has 2 aromatic carbocycles. The van der Waals surface area contributed by atoms with Gasteiger partial charge < -0.3 is 9.72 Å². The molecule has 2 heterocycles. The summed E-state index contributed by atoms with van der Waals surface area (Å²) in [6.07, 6.45) is 6.97. The topological polar surface area (TPSA) is 46.4 Å². The van der Waals surface area contributed by atoms with Crippen molar-refractivity contribution in [3.63, 3.8) is 0 Å². The largest absolute Gasteiger partial charge is 0.347 e. The van der Waals surface area contributed by atoms with Crippen LogP contribution in [0.4, 0.5) is 0 Å². The first-order chi connectivity index (χ1) is 13.7. The Morgan fingerprint density at radius 2 is 1.71 bits per heavy atom. The minimum atomic E-state index is -0.165. The summed E-state index contributed by atoms with van der Waals surface area (Å²) >= 11 is 5.97. The highest BCUT2D eigenvalue weighted by molar-refractivity contribution is 6.30. The van der Waals surface area contributed by atoms with E-state index in [1.807, 2.05) is 47.0 Å². The van der Waals surface area contributed by atoms with E-state index in [-0.39, 0.29) is 5.91 Å². The number of amides is 1. The number of rotatable bonds is 5. The molecule has 0 aliphatic carbocycles. The molecule has 4 nitrogen and oxygen atoms in total. The first-order valence-corrected chi connectivity index (χ1v) is 9.30. The predicted octanol–water partition coefficient (Wildman–Crippen LogP) is 4.98. The van der Waals surface area contributed by atoms with E-state index in [0.29, 0.717) is 11.6 Å². The molecule has 0 bridgehead atoms. The number of halogens is 1. The molecule has 0 radical (unpaired) electrons. The first-order valence-electron chi connectivity index (χ1n) is 8.92. The minimum Gasteiger partial charge on any atom is -0.347 e. The van der Waals surface area contributed by atoms with E-state index in [2.05, 4.69) is 34.6 Å². The molecule has 4 rings (SSSR count). The number of benzene rings is 2. The van der Waals surface area contributed by atoms with Crippen molar-refractivity contribution >= 4 is 29.2 Å². The van der Waals surface area contributed by atoms with Crippen LogP contribution in [0, 0.1) is 0 Å². The number of nitrogens with one attached hydrogen (secondary N) is 1. The summed E-state index contributed by atoms with van der Waals surface area (Å²) in [6.45, 7) is 0.357. The van der Waals surface area contributed by atoms with E-state index in [0.717, 1.165) is 22.5 Å². The lowest BCUT2D eigenvalue weighted by atomic mass is 10.0. The third-order valence-electron chi connectivity index (χ3n) is 4.35. The zero-order chi connectivity index (χ0) is 19.3. The van der Waals surface area contributed by atoms with Gasteiger partial charge in [0.1, 0.15) is 5.65 Å². The van der Waals surface area contributed by atoms with Gasteiger partial charge in [-0.3, -0.25) is 4.79 Å². The van der Waals surface area contributed by atoms with E-state index in [1.165, 1.54) is 11.6 Å². The highest BCUT2D eigenvalue weighted by atomic mass is 35.5. The molecule has 0 fully saturated rings. The van der Waals surface area contributed by atoms with Crippen molar-refractivity contribution in [1.29, 1.82) is 0 Å². The minimum absolute atomic E-state index is 0.165. The number of hydrogen-bond acceptors (Lipinski definition) is 2. The SMILES string of the molecule is O=C(/C=C/c1ccc(-c2ccccc2)cc1)NCc1cn2cc(Cl)ccc2n1. The van der Waals surface area contributed by atoms with Gasteiger partial charge in [0.25, 0.3) is 0 Å². The summed E-state index contributed by atoms with van der Waals surface area (Å²) in [5.74, 6) is -0.165. The molecule has 0 spiro atoms. The van der Waals surface area contributed by atoms with Crippen LogP contribution in [-0.2, 0) is 11.3 Å². The van der Waals surface area contributed by atoms with Crippen LogP contribution in [0.25, 0.3) is 22.9 Å². The van der Waals surface area contributed by atoms with Gasteiger partial charge in [0, 0.05) is 18.5 Å². The van der Waals surface area contributed by atoms with Gasteiger partial charge in [0.15, 0.2) is 0 Å². The summed E-state index contributed by atoms with van der Waals surface area (Å²) in [4.78, 5) is 16.5. The van der Waals surface area contributed by atoms with Gasteiger partial charge in [-0.2, -0.15) is 0 Å². The van der Waals surface area contributed by atoms with E-state index >= 15 is 0 Å². The lowest BCUT2D eigenvalue weighted by Crippen LogP contribution is -2.20. The van der Waals surface area contributed by atoms with Crippen LogP contribution in [0.1, 0.15) is 11.3 Å². The molecule has 138 valence electrons. The Morgan fingerprint density at radius 1 is 0.964 bits per heavy atom. The van der Waals surface area contributed by atoms with E-state index in [9.17, 15) is 4.79 Å². The molecule has 4 aromatic rings. The maximum absolute atomic E-state index is 12.1. The van der Waals surface area contributed by atoms with Gasteiger partial charge >= 0.3 is 0 Å². The average Bonchev–Trinajstić information content (AvgIpc) is 3.14. The first kappa shape index (κ1) is 18.0. The molecule has 5 heteroatoms. The van der Waals surface area contributed by atoms with Gasteiger partial charge in [-0.1, -0.05) is 66.2 Å². The maximum Gasteiger partial charge on any atom is 0.244 e. The zero-order valence-corrected chi connectivity index (χ0v) is 15.8. The zero-order valence-electron chi connectivity index (χ0n) is 15.0. The van der Waals surface area contributed by atoms with Crippen LogP contribution < -0.4 is 5.32 Å². The number of pyridine rings is 1. The third kappa shape index (κ3) is 4.30. The van der Waals surface area contributed by atoms with Crippen LogP contribution in [0.15, 0.2) is 85.2 Å². The summed E-state index contributed by atoms with van der Waals surface area (Å²) in [5, 5.41) is 3.49. The smallest absolute Gasteiger partial charge is 0.244 e. The van der Waals surface area contributed by atoms with Crippen LogP contribution >= 0.6 is 11.6 Å². The Morgan fingerprint density at radius 3 is 2.50 bits per heavy atom. The van der Waals surface area contributed by atoms with Crippen molar-refractivity contribution in [2.75, 3.05) is 0 Å². The monoisotopic (exact) mass is 387 g/mol. The highest BCUT2D eigenvalue weighted by Gasteiger charge is 2.03. The van der Waals surface area contributed by atoms with E-state index < -0.39 is 0 Å². The summed E-state index contributed by atoms with van der Waals surface area (Å²) in [5.41, 5.74) is 4.86. The Balaban J connectivity index is 1.35. The van der Waals surface area contributed by atoms with Gasteiger partial charge in [-0.15, -0.1) is 0 Å². The standard InChI is InChI=1S/C23H18ClN3O/c24-20-11-12-22-26-21(16-27(22)15-20)14-25-23(28)13-8-17-6-9-19(10-7-17)18-4-2-1-3-5-18/h1-13,15-16H,14H2,(H,25,28)/b13-8+. The van der Waals surface area contributed by atoms with Crippen LogP contribution in [0.2, 0.25) is 5.02 Å². The van der Waals surface area contributed by atoms with Gasteiger partial charge in [0.2, 0.25) is 5.91 Å².